The molecular weight excluding hydrogens is 907 g/mol. The average Bonchev–Trinajstić information content (AvgIpc) is 3.32. The summed E-state index contributed by atoms with van der Waals surface area (Å²) in [4.78, 5) is 101. The van der Waals surface area contributed by atoms with Crippen molar-refractivity contribution in [2.24, 2.45) is 17.4 Å². The molecule has 0 spiro atoms. The Balaban J connectivity index is 1.29. The molecule has 0 aliphatic heterocycles. The zero-order chi connectivity index (χ0) is 52.1. The first-order valence-corrected chi connectivity index (χ1v) is 25.1. The number of benzene rings is 3. The Kier molecular flexibility index (Phi) is 26.7. The molecule has 0 saturated heterocycles. The monoisotopic (exact) mass is 984 g/mol. The van der Waals surface area contributed by atoms with E-state index in [-0.39, 0.29) is 43.9 Å². The maximum atomic E-state index is 13.5. The highest BCUT2D eigenvalue weighted by Gasteiger charge is 2.32. The standard InChI is InChI=1S/C54H77N7O10/c1-36(2)32-43(51(67)58-42(50(56)66)33-39-28-30-41(31-29-39)40-24-18-15-19-25-40)59-53(69)49(37(3)62)61-48(65)27-21-13-11-9-7-5-4-6-8-10-12-20-26-47(64)57-44(35-46(55)63)52(68)60-45(54(70)71)34-38-22-16-14-17-23-38/h14-19,22-25,28-31,36-37,42-45,49,62H,4-13,20-21,26-27,32-35H2,1-3H3,(H2,55,63)(H2,56,66)(H,57,64)(H,58,67)(H,59,69)(H,60,68)(H,61,65)(H,70,71)/t37?,42-,43-,44-,45-,49-/m0/s1. The molecule has 0 aliphatic rings. The first-order valence-electron chi connectivity index (χ1n) is 25.1. The minimum absolute atomic E-state index is 0.0216. The van der Waals surface area contributed by atoms with Gasteiger partial charge in [-0.3, -0.25) is 33.6 Å². The summed E-state index contributed by atoms with van der Waals surface area (Å²) in [5.74, 6) is -5.70. The number of carboxylic acid groups (broad SMARTS) is 1. The van der Waals surface area contributed by atoms with Crippen molar-refractivity contribution in [1.82, 2.24) is 26.6 Å². The molecule has 0 aliphatic carbocycles. The number of hydrogen-bond acceptors (Lipinski definition) is 9. The lowest BCUT2D eigenvalue weighted by Gasteiger charge is -2.27. The molecule has 71 heavy (non-hydrogen) atoms. The number of aliphatic hydroxyl groups is 1. The van der Waals surface area contributed by atoms with E-state index >= 15 is 0 Å². The quantitative estimate of drug-likeness (QED) is 0.0360. The lowest BCUT2D eigenvalue weighted by molar-refractivity contribution is -0.142. The summed E-state index contributed by atoms with van der Waals surface area (Å²) in [6, 6.07) is 20.3. The highest BCUT2D eigenvalue weighted by molar-refractivity contribution is 5.95. The molecule has 0 fully saturated rings. The summed E-state index contributed by atoms with van der Waals surface area (Å²) in [6.45, 7) is 5.16. The molecule has 3 rings (SSSR count). The van der Waals surface area contributed by atoms with Crippen LogP contribution in [0.25, 0.3) is 11.1 Å². The Bertz CT molecular complexity index is 2140. The second kappa shape index (κ2) is 32.3. The van der Waals surface area contributed by atoms with E-state index in [1.165, 1.54) is 6.92 Å². The van der Waals surface area contributed by atoms with Gasteiger partial charge in [-0.2, -0.15) is 0 Å². The van der Waals surface area contributed by atoms with Crippen LogP contribution in [0.15, 0.2) is 84.9 Å². The molecule has 3 aromatic carbocycles. The summed E-state index contributed by atoms with van der Waals surface area (Å²) in [7, 11) is 0. The molecule has 0 radical (unpaired) electrons. The molecule has 7 amide bonds. The number of amides is 7. The number of primary amides is 2. The zero-order valence-corrected chi connectivity index (χ0v) is 41.7. The Morgan fingerprint density at radius 3 is 1.38 bits per heavy atom. The maximum Gasteiger partial charge on any atom is 0.326 e. The zero-order valence-electron chi connectivity index (χ0n) is 41.7. The van der Waals surface area contributed by atoms with Crippen molar-refractivity contribution < 1.29 is 48.6 Å². The molecule has 0 bridgehead atoms. The van der Waals surface area contributed by atoms with E-state index in [4.69, 9.17) is 11.5 Å². The van der Waals surface area contributed by atoms with Crippen LogP contribution >= 0.6 is 0 Å². The Hall–Kier alpha value is -6.62. The van der Waals surface area contributed by atoms with Crippen LogP contribution in [0, 0.1) is 5.92 Å². The van der Waals surface area contributed by atoms with Crippen LogP contribution in [-0.4, -0.2) is 93.8 Å². The third-order valence-electron chi connectivity index (χ3n) is 12.1. The Labute approximate surface area is 418 Å². The summed E-state index contributed by atoms with van der Waals surface area (Å²) in [5, 5.41) is 33.1. The second-order valence-electron chi connectivity index (χ2n) is 18.8. The van der Waals surface area contributed by atoms with Crippen LogP contribution in [0.3, 0.4) is 0 Å². The number of nitrogens with two attached hydrogens (primary N) is 2. The minimum Gasteiger partial charge on any atom is -0.480 e. The van der Waals surface area contributed by atoms with E-state index in [0.717, 1.165) is 80.9 Å². The summed E-state index contributed by atoms with van der Waals surface area (Å²) in [6.07, 6.45) is 10.1. The number of hydrogen-bond donors (Lipinski definition) is 9. The van der Waals surface area contributed by atoms with E-state index in [1.54, 1.807) is 30.3 Å². The first kappa shape index (κ1) is 58.7. The van der Waals surface area contributed by atoms with Crippen molar-refractivity contribution in [2.75, 3.05) is 0 Å². The molecule has 3 aromatic rings. The lowest BCUT2D eigenvalue weighted by atomic mass is 9.99. The minimum atomic E-state index is -1.29. The second-order valence-corrected chi connectivity index (χ2v) is 18.8. The van der Waals surface area contributed by atoms with E-state index in [0.29, 0.717) is 18.4 Å². The van der Waals surface area contributed by atoms with Gasteiger partial charge < -0.3 is 48.3 Å². The predicted molar refractivity (Wildman–Crippen MR) is 272 cm³/mol. The largest absolute Gasteiger partial charge is 0.480 e. The highest BCUT2D eigenvalue weighted by Crippen LogP contribution is 2.20. The molecule has 0 heterocycles. The van der Waals surface area contributed by atoms with Gasteiger partial charge in [-0.1, -0.05) is 163 Å². The number of rotatable bonds is 35. The van der Waals surface area contributed by atoms with Crippen LogP contribution in [0.4, 0.5) is 0 Å². The molecule has 11 N–H and O–H groups in total. The number of carbonyl (C=O) groups excluding carboxylic acids is 7. The van der Waals surface area contributed by atoms with E-state index in [9.17, 15) is 48.6 Å². The van der Waals surface area contributed by atoms with Crippen molar-refractivity contribution in [2.45, 2.75) is 173 Å². The van der Waals surface area contributed by atoms with Crippen LogP contribution < -0.4 is 38.1 Å². The Morgan fingerprint density at radius 2 is 0.901 bits per heavy atom. The van der Waals surface area contributed by atoms with Crippen molar-refractivity contribution in [3.8, 4) is 11.1 Å². The van der Waals surface area contributed by atoms with E-state index in [1.807, 2.05) is 68.4 Å². The fourth-order valence-electron chi connectivity index (χ4n) is 8.15. The van der Waals surface area contributed by atoms with Gasteiger partial charge in [-0.05, 0) is 54.4 Å². The van der Waals surface area contributed by atoms with Crippen LogP contribution in [0.1, 0.15) is 135 Å². The molecule has 1 unspecified atom stereocenters. The van der Waals surface area contributed by atoms with Crippen molar-refractivity contribution in [1.29, 1.82) is 0 Å². The van der Waals surface area contributed by atoms with Crippen molar-refractivity contribution >= 4 is 47.3 Å². The van der Waals surface area contributed by atoms with Crippen molar-refractivity contribution in [3.63, 3.8) is 0 Å². The molecule has 0 saturated carbocycles. The van der Waals surface area contributed by atoms with Gasteiger partial charge in [0.2, 0.25) is 41.4 Å². The van der Waals surface area contributed by atoms with Gasteiger partial charge in [0.1, 0.15) is 30.2 Å². The predicted octanol–water partition coefficient (Wildman–Crippen LogP) is 4.90. The molecule has 0 aromatic heterocycles. The molecule has 17 nitrogen and oxygen atoms in total. The first-order chi connectivity index (χ1) is 33.9. The summed E-state index contributed by atoms with van der Waals surface area (Å²) >= 11 is 0. The average molecular weight is 984 g/mol. The summed E-state index contributed by atoms with van der Waals surface area (Å²) in [5.41, 5.74) is 14.5. The number of unbranched alkanes of at least 4 members (excludes halogenated alkanes) is 11. The SMILES string of the molecule is CC(C)C[C@H](NC(=O)[C@@H](NC(=O)CCCCCCCCCCCCCCC(=O)N[C@@H](CC(N)=O)C(=O)N[C@@H](Cc1ccccc1)C(=O)O)C(C)O)C(=O)N[C@@H](Cc1ccc(-c2ccccc2)cc1)C(N)=O. The lowest BCUT2D eigenvalue weighted by Crippen LogP contribution is -2.59. The number of aliphatic hydroxyl groups excluding tert-OH is 1. The normalized spacial score (nSPS) is 13.6. The number of aliphatic carboxylic acids is 1. The highest BCUT2D eigenvalue weighted by atomic mass is 16.4. The maximum absolute atomic E-state index is 13.5. The fraction of sp³-hybridized carbons (Fsp3) is 0.519. The topological polar surface area (TPSA) is 289 Å². The smallest absolute Gasteiger partial charge is 0.326 e. The number of carbonyl (C=O) groups is 8. The molecule has 6 atom stereocenters. The van der Waals surface area contributed by atoms with Crippen LogP contribution in [0.2, 0.25) is 0 Å². The van der Waals surface area contributed by atoms with Gasteiger partial charge in [0.25, 0.3) is 0 Å². The van der Waals surface area contributed by atoms with Gasteiger partial charge in [0, 0.05) is 25.7 Å². The Morgan fingerprint density at radius 1 is 0.479 bits per heavy atom. The van der Waals surface area contributed by atoms with Crippen LogP contribution in [0.5, 0.6) is 0 Å². The van der Waals surface area contributed by atoms with Gasteiger partial charge >= 0.3 is 5.97 Å². The third kappa shape index (κ3) is 23.7. The van der Waals surface area contributed by atoms with Gasteiger partial charge in [0.15, 0.2) is 0 Å². The third-order valence-corrected chi connectivity index (χ3v) is 12.1. The van der Waals surface area contributed by atoms with Gasteiger partial charge in [0.05, 0.1) is 12.5 Å². The fourth-order valence-corrected chi connectivity index (χ4v) is 8.15. The van der Waals surface area contributed by atoms with Gasteiger partial charge in [-0.25, -0.2) is 4.79 Å². The number of carboxylic acids is 1. The van der Waals surface area contributed by atoms with Gasteiger partial charge in [-0.15, -0.1) is 0 Å². The van der Waals surface area contributed by atoms with E-state index in [2.05, 4.69) is 26.6 Å². The molecule has 17 heteroatoms. The molecular formula is C54H77N7O10. The van der Waals surface area contributed by atoms with Crippen molar-refractivity contribution in [3.05, 3.63) is 96.1 Å². The van der Waals surface area contributed by atoms with Crippen LogP contribution in [-0.2, 0) is 51.2 Å². The van der Waals surface area contributed by atoms with E-state index < -0.39 is 84.1 Å². The molecule has 388 valence electrons. The summed E-state index contributed by atoms with van der Waals surface area (Å²) < 4.78 is 0. The number of nitrogens with one attached hydrogen (secondary N) is 5.